The first-order chi connectivity index (χ1) is 8.77. The predicted molar refractivity (Wildman–Crippen MR) is 71.8 cm³/mol. The molecule has 2 heterocycles. The highest BCUT2D eigenvalue weighted by molar-refractivity contribution is 6.31. The van der Waals surface area contributed by atoms with Crippen LogP contribution in [0.2, 0.25) is 5.02 Å². The second-order valence-corrected chi connectivity index (χ2v) is 5.33. The zero-order valence-corrected chi connectivity index (χ0v) is 11.3. The number of fused-ring (bicyclic) bond motifs is 1. The summed E-state index contributed by atoms with van der Waals surface area (Å²) in [5.41, 5.74) is 2.30. The van der Waals surface area contributed by atoms with Crippen LogP contribution in [0.5, 0.6) is 11.5 Å². The van der Waals surface area contributed by atoms with Crippen molar-refractivity contribution in [3.05, 3.63) is 22.2 Å². The summed E-state index contributed by atoms with van der Waals surface area (Å²) in [6.07, 6.45) is 3.63. The second-order valence-electron chi connectivity index (χ2n) is 4.92. The Balaban J connectivity index is 2.07. The Hall–Kier alpha value is -0.930. The first-order valence-electron chi connectivity index (χ1n) is 6.59. The van der Waals surface area contributed by atoms with Crippen molar-refractivity contribution in [1.82, 2.24) is 5.32 Å². The van der Waals surface area contributed by atoms with E-state index in [9.17, 15) is 0 Å². The van der Waals surface area contributed by atoms with Crippen molar-refractivity contribution in [2.75, 3.05) is 19.8 Å². The summed E-state index contributed by atoms with van der Waals surface area (Å²) in [6.45, 7) is 4.34. The molecular weight excluding hydrogens is 250 g/mol. The SMILES string of the molecule is Cc1c(Cl)cc2c(c1C1CCCCN1)OCCO2. The van der Waals surface area contributed by atoms with Gasteiger partial charge < -0.3 is 14.8 Å². The topological polar surface area (TPSA) is 30.5 Å². The lowest BCUT2D eigenvalue weighted by molar-refractivity contribution is 0.167. The van der Waals surface area contributed by atoms with Crippen molar-refractivity contribution in [3.63, 3.8) is 0 Å². The number of nitrogens with one attached hydrogen (secondary N) is 1. The molecule has 3 nitrogen and oxygen atoms in total. The molecule has 0 bridgehead atoms. The first kappa shape index (κ1) is 12.1. The average Bonchev–Trinajstić information content (AvgIpc) is 2.41. The van der Waals surface area contributed by atoms with Gasteiger partial charge in [-0.05, 0) is 31.9 Å². The molecule has 1 N–H and O–H groups in total. The third-order valence-corrected chi connectivity index (χ3v) is 4.13. The van der Waals surface area contributed by atoms with E-state index in [1.165, 1.54) is 18.4 Å². The van der Waals surface area contributed by atoms with Gasteiger partial charge in [0.15, 0.2) is 11.5 Å². The Kier molecular flexibility index (Phi) is 3.35. The van der Waals surface area contributed by atoms with E-state index in [0.717, 1.165) is 35.1 Å². The van der Waals surface area contributed by atoms with Gasteiger partial charge in [0.2, 0.25) is 0 Å². The van der Waals surface area contributed by atoms with Crippen molar-refractivity contribution in [3.8, 4) is 11.5 Å². The van der Waals surface area contributed by atoms with Gasteiger partial charge in [-0.25, -0.2) is 0 Å². The van der Waals surface area contributed by atoms with Gasteiger partial charge in [-0.2, -0.15) is 0 Å². The van der Waals surface area contributed by atoms with Gasteiger partial charge in [0.1, 0.15) is 13.2 Å². The zero-order chi connectivity index (χ0) is 12.5. The van der Waals surface area contributed by atoms with Gasteiger partial charge in [-0.1, -0.05) is 18.0 Å². The maximum atomic E-state index is 6.31. The molecule has 1 unspecified atom stereocenters. The molecule has 4 heteroatoms. The van der Waals surface area contributed by atoms with Crippen LogP contribution in [0.1, 0.15) is 36.4 Å². The van der Waals surface area contributed by atoms with E-state index >= 15 is 0 Å². The molecule has 0 aliphatic carbocycles. The normalized spacial score (nSPS) is 22.9. The maximum Gasteiger partial charge on any atom is 0.166 e. The number of piperidine rings is 1. The van der Waals surface area contributed by atoms with Crippen LogP contribution in [0.15, 0.2) is 6.07 Å². The number of benzene rings is 1. The minimum atomic E-state index is 0.341. The zero-order valence-electron chi connectivity index (χ0n) is 10.6. The Morgan fingerprint density at radius 3 is 2.89 bits per heavy atom. The van der Waals surface area contributed by atoms with Crippen LogP contribution in [0.3, 0.4) is 0 Å². The van der Waals surface area contributed by atoms with E-state index in [1.807, 2.05) is 6.07 Å². The van der Waals surface area contributed by atoms with Gasteiger partial charge in [-0.15, -0.1) is 0 Å². The highest BCUT2D eigenvalue weighted by Gasteiger charge is 2.27. The lowest BCUT2D eigenvalue weighted by Crippen LogP contribution is -2.29. The van der Waals surface area contributed by atoms with Crippen LogP contribution in [0.4, 0.5) is 0 Å². The highest BCUT2D eigenvalue weighted by atomic mass is 35.5. The number of hydrogen-bond acceptors (Lipinski definition) is 3. The predicted octanol–water partition coefficient (Wildman–Crippen LogP) is 3.23. The molecule has 1 fully saturated rings. The smallest absolute Gasteiger partial charge is 0.166 e. The monoisotopic (exact) mass is 267 g/mol. The van der Waals surface area contributed by atoms with Gasteiger partial charge in [0.05, 0.1) is 0 Å². The van der Waals surface area contributed by atoms with Gasteiger partial charge in [-0.3, -0.25) is 0 Å². The molecule has 18 heavy (non-hydrogen) atoms. The van der Waals surface area contributed by atoms with Gasteiger partial charge in [0.25, 0.3) is 0 Å². The van der Waals surface area contributed by atoms with E-state index in [0.29, 0.717) is 19.3 Å². The molecule has 1 atom stereocenters. The quantitative estimate of drug-likeness (QED) is 0.847. The first-order valence-corrected chi connectivity index (χ1v) is 6.97. The number of ether oxygens (including phenoxy) is 2. The number of rotatable bonds is 1. The van der Waals surface area contributed by atoms with Crippen LogP contribution < -0.4 is 14.8 Å². The van der Waals surface area contributed by atoms with Crippen molar-refractivity contribution in [1.29, 1.82) is 0 Å². The molecule has 1 saturated heterocycles. The maximum absolute atomic E-state index is 6.31. The van der Waals surface area contributed by atoms with Gasteiger partial charge >= 0.3 is 0 Å². The summed E-state index contributed by atoms with van der Waals surface area (Å²) in [5.74, 6) is 1.68. The van der Waals surface area contributed by atoms with Gasteiger partial charge in [0, 0.05) is 22.7 Å². The third kappa shape index (κ3) is 2.06. The Bertz CT molecular complexity index is 456. The Morgan fingerprint density at radius 2 is 2.11 bits per heavy atom. The summed E-state index contributed by atoms with van der Waals surface area (Å²) in [4.78, 5) is 0. The second kappa shape index (κ2) is 4.98. The summed E-state index contributed by atoms with van der Waals surface area (Å²) in [6, 6.07) is 2.21. The van der Waals surface area contributed by atoms with Crippen LogP contribution >= 0.6 is 11.6 Å². The van der Waals surface area contributed by atoms with E-state index < -0.39 is 0 Å². The largest absolute Gasteiger partial charge is 0.486 e. The van der Waals surface area contributed by atoms with E-state index in [-0.39, 0.29) is 0 Å². The fourth-order valence-electron chi connectivity index (χ4n) is 2.79. The van der Waals surface area contributed by atoms with Crippen molar-refractivity contribution in [2.24, 2.45) is 0 Å². The lowest BCUT2D eigenvalue weighted by Gasteiger charge is -2.30. The van der Waals surface area contributed by atoms with E-state index in [4.69, 9.17) is 21.1 Å². The molecule has 2 aliphatic rings. The lowest BCUT2D eigenvalue weighted by atomic mass is 9.92. The van der Waals surface area contributed by atoms with Crippen molar-refractivity contribution >= 4 is 11.6 Å². The molecule has 0 spiro atoms. The fraction of sp³-hybridized carbons (Fsp3) is 0.571. The Labute approximate surface area is 112 Å². The highest BCUT2D eigenvalue weighted by Crippen LogP contribution is 2.44. The third-order valence-electron chi connectivity index (χ3n) is 3.73. The minimum Gasteiger partial charge on any atom is -0.486 e. The molecular formula is C14H18ClNO2. The van der Waals surface area contributed by atoms with Crippen LogP contribution in [0.25, 0.3) is 0 Å². The average molecular weight is 268 g/mol. The molecule has 98 valence electrons. The standard InChI is InChI=1S/C14H18ClNO2/c1-9-10(15)8-12-14(18-7-6-17-12)13(9)11-4-2-3-5-16-11/h8,11,16H,2-7H2,1H3. The van der Waals surface area contributed by atoms with Crippen molar-refractivity contribution < 1.29 is 9.47 Å². The summed E-state index contributed by atoms with van der Waals surface area (Å²) in [5, 5.41) is 4.32. The van der Waals surface area contributed by atoms with Crippen LogP contribution in [-0.2, 0) is 0 Å². The summed E-state index contributed by atoms with van der Waals surface area (Å²) >= 11 is 6.31. The molecule has 2 aliphatic heterocycles. The van der Waals surface area contributed by atoms with Crippen LogP contribution in [0, 0.1) is 6.92 Å². The molecule has 0 radical (unpaired) electrons. The fourth-order valence-corrected chi connectivity index (χ4v) is 2.99. The summed E-state index contributed by atoms with van der Waals surface area (Å²) < 4.78 is 11.5. The number of hydrogen-bond donors (Lipinski definition) is 1. The van der Waals surface area contributed by atoms with E-state index in [1.54, 1.807) is 0 Å². The van der Waals surface area contributed by atoms with Crippen molar-refractivity contribution in [2.45, 2.75) is 32.2 Å². The molecule has 0 saturated carbocycles. The van der Waals surface area contributed by atoms with E-state index in [2.05, 4.69) is 12.2 Å². The molecule has 1 aromatic carbocycles. The minimum absolute atomic E-state index is 0.341. The van der Waals surface area contributed by atoms with Crippen LogP contribution in [-0.4, -0.2) is 19.8 Å². The molecule has 0 amide bonds. The Morgan fingerprint density at radius 1 is 1.28 bits per heavy atom. The number of halogens is 1. The molecule has 0 aromatic heterocycles. The molecule has 1 aromatic rings. The molecule has 3 rings (SSSR count). The summed E-state index contributed by atoms with van der Waals surface area (Å²) in [7, 11) is 0.